The van der Waals surface area contributed by atoms with E-state index in [1.807, 2.05) is 54.6 Å². The van der Waals surface area contributed by atoms with Crippen molar-refractivity contribution in [2.24, 2.45) is 0 Å². The molecular formula is C22H25N5O. The van der Waals surface area contributed by atoms with Crippen LogP contribution in [0, 0.1) is 0 Å². The van der Waals surface area contributed by atoms with Crippen molar-refractivity contribution in [1.82, 2.24) is 25.4 Å². The van der Waals surface area contributed by atoms with Gasteiger partial charge in [0.1, 0.15) is 0 Å². The number of nitrogens with one attached hydrogen (secondary N) is 2. The molecule has 4 rings (SSSR count). The third-order valence-corrected chi connectivity index (χ3v) is 5.11. The van der Waals surface area contributed by atoms with Crippen LogP contribution in [0.15, 0.2) is 60.8 Å². The number of nitrogens with zero attached hydrogens (tertiary/aromatic N) is 3. The topological polar surface area (TPSA) is 71.8 Å². The average Bonchev–Trinajstić information content (AvgIpc) is 3.42. The van der Waals surface area contributed by atoms with Crippen molar-refractivity contribution < 1.29 is 4.79 Å². The molecule has 0 aliphatic heterocycles. The maximum Gasteiger partial charge on any atom is 0.315 e. The van der Waals surface area contributed by atoms with Crippen molar-refractivity contribution in [3.63, 3.8) is 0 Å². The summed E-state index contributed by atoms with van der Waals surface area (Å²) in [7, 11) is 0. The summed E-state index contributed by atoms with van der Waals surface area (Å²) < 4.78 is 2.11. The van der Waals surface area contributed by atoms with E-state index in [1.165, 1.54) is 12.8 Å². The third-order valence-electron chi connectivity index (χ3n) is 5.11. The molecule has 0 unspecified atom stereocenters. The van der Waals surface area contributed by atoms with Gasteiger partial charge in [0.05, 0.1) is 29.7 Å². The zero-order chi connectivity index (χ0) is 19.2. The lowest BCUT2D eigenvalue weighted by Gasteiger charge is -2.13. The van der Waals surface area contributed by atoms with E-state index < -0.39 is 0 Å². The highest BCUT2D eigenvalue weighted by atomic mass is 16.2. The Balaban J connectivity index is 1.42. The van der Waals surface area contributed by atoms with E-state index in [-0.39, 0.29) is 6.03 Å². The Bertz CT molecular complexity index is 901. The molecule has 1 aliphatic carbocycles. The van der Waals surface area contributed by atoms with Gasteiger partial charge in [-0.15, -0.1) is 0 Å². The molecule has 2 heterocycles. The molecule has 2 aromatic heterocycles. The lowest BCUT2D eigenvalue weighted by atomic mass is 10.2. The normalized spacial score (nSPS) is 14.1. The van der Waals surface area contributed by atoms with E-state index in [0.717, 1.165) is 35.5 Å². The molecule has 0 bridgehead atoms. The van der Waals surface area contributed by atoms with Crippen molar-refractivity contribution >= 4 is 6.03 Å². The molecule has 6 heteroatoms. The molecule has 0 saturated heterocycles. The van der Waals surface area contributed by atoms with Crippen LogP contribution >= 0.6 is 0 Å². The Kier molecular flexibility index (Phi) is 5.66. The van der Waals surface area contributed by atoms with Crippen LogP contribution in [0.1, 0.15) is 43.0 Å². The minimum Gasteiger partial charge on any atom is -0.334 e. The summed E-state index contributed by atoms with van der Waals surface area (Å²) in [5.74, 6) is 0. The van der Waals surface area contributed by atoms with Crippen molar-refractivity contribution in [2.75, 3.05) is 0 Å². The van der Waals surface area contributed by atoms with E-state index in [2.05, 4.69) is 20.3 Å². The highest BCUT2D eigenvalue weighted by molar-refractivity contribution is 5.73. The molecule has 0 radical (unpaired) electrons. The smallest absolute Gasteiger partial charge is 0.315 e. The molecule has 2 amide bonds. The summed E-state index contributed by atoms with van der Waals surface area (Å²) in [6.07, 6.45) is 6.57. The summed E-state index contributed by atoms with van der Waals surface area (Å²) in [5, 5.41) is 10.6. The van der Waals surface area contributed by atoms with Gasteiger partial charge >= 0.3 is 6.03 Å². The molecule has 1 aliphatic rings. The van der Waals surface area contributed by atoms with Crippen molar-refractivity contribution in [1.29, 1.82) is 0 Å². The number of benzene rings is 1. The number of carbonyl (C=O) groups is 1. The monoisotopic (exact) mass is 375 g/mol. The predicted octanol–water partition coefficient (Wildman–Crippen LogP) is 4.06. The Hall–Kier alpha value is -3.15. The standard InChI is InChI=1S/C22H25N5O/c28-22(24-15-17-8-2-1-3-9-17)25-16-18-14-21(20-12-6-7-13-23-20)27(26-18)19-10-4-5-11-19/h1-3,6-9,12-14,19H,4-5,10-11,15-16H2,(H2,24,25,28). The lowest BCUT2D eigenvalue weighted by Crippen LogP contribution is -2.34. The molecule has 0 atom stereocenters. The van der Waals surface area contributed by atoms with Crippen LogP contribution < -0.4 is 10.6 Å². The third kappa shape index (κ3) is 4.39. The molecule has 1 saturated carbocycles. The fourth-order valence-electron chi connectivity index (χ4n) is 3.68. The summed E-state index contributed by atoms with van der Waals surface area (Å²) >= 11 is 0. The van der Waals surface area contributed by atoms with Crippen LogP contribution in [0.2, 0.25) is 0 Å². The SMILES string of the molecule is O=C(NCc1ccccc1)NCc1cc(-c2ccccn2)n(C2CCCC2)n1. The van der Waals surface area contributed by atoms with E-state index >= 15 is 0 Å². The molecule has 1 fully saturated rings. The number of carbonyl (C=O) groups excluding carboxylic acids is 1. The second-order valence-corrected chi connectivity index (χ2v) is 7.14. The molecule has 6 nitrogen and oxygen atoms in total. The first-order chi connectivity index (χ1) is 13.8. The summed E-state index contributed by atoms with van der Waals surface area (Å²) in [5.41, 5.74) is 3.86. The van der Waals surface area contributed by atoms with Crippen molar-refractivity contribution in [2.45, 2.75) is 44.8 Å². The second-order valence-electron chi connectivity index (χ2n) is 7.14. The van der Waals surface area contributed by atoms with E-state index in [4.69, 9.17) is 5.10 Å². The maximum absolute atomic E-state index is 12.1. The molecule has 0 spiro atoms. The van der Waals surface area contributed by atoms with Gasteiger partial charge in [0, 0.05) is 12.7 Å². The van der Waals surface area contributed by atoms with Gasteiger partial charge in [-0.3, -0.25) is 9.67 Å². The quantitative estimate of drug-likeness (QED) is 0.682. The summed E-state index contributed by atoms with van der Waals surface area (Å²) in [4.78, 5) is 16.6. The highest BCUT2D eigenvalue weighted by Gasteiger charge is 2.22. The largest absolute Gasteiger partial charge is 0.334 e. The number of pyridine rings is 1. The van der Waals surface area contributed by atoms with E-state index in [1.54, 1.807) is 6.20 Å². The van der Waals surface area contributed by atoms with Crippen LogP contribution in [-0.2, 0) is 13.1 Å². The van der Waals surface area contributed by atoms with Crippen LogP contribution in [0.4, 0.5) is 4.79 Å². The van der Waals surface area contributed by atoms with Gasteiger partial charge in [-0.25, -0.2) is 4.79 Å². The highest BCUT2D eigenvalue weighted by Crippen LogP contribution is 2.33. The molecular weight excluding hydrogens is 350 g/mol. The number of urea groups is 1. The Labute approximate surface area is 165 Å². The zero-order valence-corrected chi connectivity index (χ0v) is 15.8. The Morgan fingerprint density at radius 3 is 2.50 bits per heavy atom. The number of hydrogen-bond donors (Lipinski definition) is 2. The Morgan fingerprint density at radius 2 is 1.75 bits per heavy atom. The fourth-order valence-corrected chi connectivity index (χ4v) is 3.68. The van der Waals surface area contributed by atoms with Crippen LogP contribution in [-0.4, -0.2) is 20.8 Å². The van der Waals surface area contributed by atoms with Crippen LogP contribution in [0.25, 0.3) is 11.4 Å². The minimum atomic E-state index is -0.196. The van der Waals surface area contributed by atoms with Gasteiger partial charge < -0.3 is 10.6 Å². The minimum absolute atomic E-state index is 0.196. The van der Waals surface area contributed by atoms with Gasteiger partial charge in [-0.05, 0) is 36.6 Å². The zero-order valence-electron chi connectivity index (χ0n) is 15.8. The van der Waals surface area contributed by atoms with E-state index in [9.17, 15) is 4.79 Å². The molecule has 3 aromatic rings. The first-order valence-corrected chi connectivity index (χ1v) is 9.85. The number of amides is 2. The summed E-state index contributed by atoms with van der Waals surface area (Å²) in [6, 6.07) is 18.0. The molecule has 1 aromatic carbocycles. The van der Waals surface area contributed by atoms with Crippen LogP contribution in [0.3, 0.4) is 0 Å². The van der Waals surface area contributed by atoms with Gasteiger partial charge in [0.15, 0.2) is 0 Å². The van der Waals surface area contributed by atoms with Gasteiger partial charge in [0.25, 0.3) is 0 Å². The van der Waals surface area contributed by atoms with Gasteiger partial charge in [-0.2, -0.15) is 5.10 Å². The first kappa shape index (κ1) is 18.2. The molecule has 28 heavy (non-hydrogen) atoms. The fraction of sp³-hybridized carbons (Fsp3) is 0.318. The van der Waals surface area contributed by atoms with Crippen LogP contribution in [0.5, 0.6) is 0 Å². The van der Waals surface area contributed by atoms with Gasteiger partial charge in [-0.1, -0.05) is 49.2 Å². The van der Waals surface area contributed by atoms with E-state index in [0.29, 0.717) is 19.1 Å². The van der Waals surface area contributed by atoms with Gasteiger partial charge in [0.2, 0.25) is 0 Å². The average molecular weight is 375 g/mol. The number of rotatable bonds is 6. The number of hydrogen-bond acceptors (Lipinski definition) is 3. The second kappa shape index (κ2) is 8.69. The maximum atomic E-state index is 12.1. The number of aromatic nitrogens is 3. The predicted molar refractivity (Wildman–Crippen MR) is 108 cm³/mol. The Morgan fingerprint density at radius 1 is 1.00 bits per heavy atom. The molecule has 2 N–H and O–H groups in total. The first-order valence-electron chi connectivity index (χ1n) is 9.85. The summed E-state index contributed by atoms with van der Waals surface area (Å²) in [6.45, 7) is 0.891. The van der Waals surface area contributed by atoms with Crippen molar-refractivity contribution in [3.8, 4) is 11.4 Å². The van der Waals surface area contributed by atoms with Crippen molar-refractivity contribution in [3.05, 3.63) is 72.1 Å². The molecule has 144 valence electrons. The lowest BCUT2D eigenvalue weighted by molar-refractivity contribution is 0.240.